The van der Waals surface area contributed by atoms with E-state index < -0.39 is 0 Å². The molecule has 1 aliphatic rings. The molecule has 1 aromatic carbocycles. The number of benzene rings is 1. The van der Waals surface area contributed by atoms with Crippen LogP contribution in [0.4, 0.5) is 0 Å². The molecule has 124 valence electrons. The molecule has 2 N–H and O–H groups in total. The van der Waals surface area contributed by atoms with Crippen LogP contribution in [0.1, 0.15) is 23.3 Å². The van der Waals surface area contributed by atoms with Gasteiger partial charge < -0.3 is 10.6 Å². The second-order valence-electron chi connectivity index (χ2n) is 5.53. The second kappa shape index (κ2) is 8.34. The molecule has 3 rings (SSSR count). The molecule has 1 unspecified atom stereocenters. The van der Waals surface area contributed by atoms with E-state index in [1.807, 2.05) is 18.2 Å². The van der Waals surface area contributed by atoms with E-state index in [0.717, 1.165) is 25.2 Å². The van der Waals surface area contributed by atoms with Crippen LogP contribution < -0.4 is 10.6 Å². The summed E-state index contributed by atoms with van der Waals surface area (Å²) >= 11 is 5.97. The third kappa shape index (κ3) is 4.70. The van der Waals surface area contributed by atoms with Gasteiger partial charge in [-0.25, -0.2) is 4.68 Å². The third-order valence-corrected chi connectivity index (χ3v) is 4.13. The maximum absolute atomic E-state index is 12.1. The summed E-state index contributed by atoms with van der Waals surface area (Å²) in [7, 11) is 0. The lowest BCUT2D eigenvalue weighted by atomic mass is 10.1. The highest BCUT2D eigenvalue weighted by Crippen LogP contribution is 2.14. The van der Waals surface area contributed by atoms with Gasteiger partial charge in [0.15, 0.2) is 5.69 Å². The number of hydrogen-bond acceptors (Lipinski definition) is 3. The Hall–Kier alpha value is -1.56. The molecule has 0 radical (unpaired) electrons. The number of amides is 1. The SMILES string of the molecule is Cl.O=C(NCCC1CCNC1)c1ccn(-c2cccc(Cl)c2)n1. The Balaban J connectivity index is 0.00000192. The molecule has 0 bridgehead atoms. The van der Waals surface area contributed by atoms with Crippen LogP contribution in [0.3, 0.4) is 0 Å². The van der Waals surface area contributed by atoms with E-state index in [9.17, 15) is 4.79 Å². The van der Waals surface area contributed by atoms with Gasteiger partial charge in [-0.05, 0) is 56.1 Å². The van der Waals surface area contributed by atoms with Crippen molar-refractivity contribution in [2.45, 2.75) is 12.8 Å². The van der Waals surface area contributed by atoms with Crippen molar-refractivity contribution in [3.63, 3.8) is 0 Å². The molecular weight excluding hydrogens is 335 g/mol. The zero-order chi connectivity index (χ0) is 15.4. The molecule has 1 amide bonds. The molecule has 7 heteroatoms. The van der Waals surface area contributed by atoms with Crippen molar-refractivity contribution in [1.29, 1.82) is 0 Å². The molecule has 2 heterocycles. The quantitative estimate of drug-likeness (QED) is 0.867. The molecule has 1 saturated heterocycles. The molecule has 5 nitrogen and oxygen atoms in total. The summed E-state index contributed by atoms with van der Waals surface area (Å²) in [6.07, 6.45) is 3.97. The van der Waals surface area contributed by atoms with Gasteiger partial charge in [-0.2, -0.15) is 5.10 Å². The zero-order valence-corrected chi connectivity index (χ0v) is 14.2. The molecule has 2 aromatic rings. The Labute approximate surface area is 146 Å². The number of rotatable bonds is 5. The molecule has 0 saturated carbocycles. The predicted molar refractivity (Wildman–Crippen MR) is 93.7 cm³/mol. The molecule has 0 aliphatic carbocycles. The minimum Gasteiger partial charge on any atom is -0.351 e. The number of aromatic nitrogens is 2. The lowest BCUT2D eigenvalue weighted by Gasteiger charge is -2.08. The molecule has 1 atom stereocenters. The number of hydrogen-bond donors (Lipinski definition) is 2. The first-order chi connectivity index (χ1) is 10.7. The van der Waals surface area contributed by atoms with Crippen LogP contribution in [-0.4, -0.2) is 35.3 Å². The van der Waals surface area contributed by atoms with Gasteiger partial charge in [0.25, 0.3) is 5.91 Å². The predicted octanol–water partition coefficient (Wildman–Crippen LogP) is 2.68. The van der Waals surface area contributed by atoms with Crippen LogP contribution >= 0.6 is 24.0 Å². The number of carbonyl (C=O) groups is 1. The average Bonchev–Trinajstić information content (AvgIpc) is 3.19. The lowest BCUT2D eigenvalue weighted by Crippen LogP contribution is -2.26. The van der Waals surface area contributed by atoms with Crippen molar-refractivity contribution >= 4 is 29.9 Å². The first kappa shape index (κ1) is 17.8. The third-order valence-electron chi connectivity index (χ3n) is 3.89. The van der Waals surface area contributed by atoms with Gasteiger partial charge in [0.05, 0.1) is 5.69 Å². The summed E-state index contributed by atoms with van der Waals surface area (Å²) in [4.78, 5) is 12.1. The Bertz CT molecular complexity index is 653. The van der Waals surface area contributed by atoms with Crippen LogP contribution in [0.2, 0.25) is 5.02 Å². The minimum atomic E-state index is -0.133. The highest BCUT2D eigenvalue weighted by molar-refractivity contribution is 6.30. The molecule has 23 heavy (non-hydrogen) atoms. The van der Waals surface area contributed by atoms with Gasteiger partial charge in [-0.3, -0.25) is 4.79 Å². The van der Waals surface area contributed by atoms with E-state index in [2.05, 4.69) is 15.7 Å². The number of nitrogens with one attached hydrogen (secondary N) is 2. The van der Waals surface area contributed by atoms with Crippen LogP contribution in [0, 0.1) is 5.92 Å². The Morgan fingerprint density at radius 3 is 3.04 bits per heavy atom. The van der Waals surface area contributed by atoms with E-state index in [1.54, 1.807) is 23.0 Å². The van der Waals surface area contributed by atoms with E-state index in [-0.39, 0.29) is 18.3 Å². The fourth-order valence-corrected chi connectivity index (χ4v) is 2.83. The van der Waals surface area contributed by atoms with E-state index in [1.165, 1.54) is 6.42 Å². The van der Waals surface area contributed by atoms with Crippen molar-refractivity contribution in [3.05, 3.63) is 47.2 Å². The average molecular weight is 355 g/mol. The van der Waals surface area contributed by atoms with Crippen LogP contribution in [0.5, 0.6) is 0 Å². The second-order valence-corrected chi connectivity index (χ2v) is 5.97. The van der Waals surface area contributed by atoms with Crippen molar-refractivity contribution in [2.75, 3.05) is 19.6 Å². The van der Waals surface area contributed by atoms with E-state index >= 15 is 0 Å². The van der Waals surface area contributed by atoms with Crippen molar-refractivity contribution in [2.24, 2.45) is 5.92 Å². The highest BCUT2D eigenvalue weighted by Gasteiger charge is 2.15. The fraction of sp³-hybridized carbons (Fsp3) is 0.375. The smallest absolute Gasteiger partial charge is 0.271 e. The van der Waals surface area contributed by atoms with E-state index in [0.29, 0.717) is 23.2 Å². The maximum atomic E-state index is 12.1. The first-order valence-electron chi connectivity index (χ1n) is 7.53. The Kier molecular flexibility index (Phi) is 6.45. The van der Waals surface area contributed by atoms with Gasteiger partial charge in [-0.1, -0.05) is 17.7 Å². The number of nitrogens with zero attached hydrogens (tertiary/aromatic N) is 2. The minimum absolute atomic E-state index is 0. The van der Waals surface area contributed by atoms with Gasteiger partial charge >= 0.3 is 0 Å². The van der Waals surface area contributed by atoms with Crippen LogP contribution in [-0.2, 0) is 0 Å². The van der Waals surface area contributed by atoms with Gasteiger partial charge in [-0.15, -0.1) is 12.4 Å². The van der Waals surface area contributed by atoms with Crippen molar-refractivity contribution < 1.29 is 4.79 Å². The lowest BCUT2D eigenvalue weighted by molar-refractivity contribution is 0.0946. The first-order valence-corrected chi connectivity index (χ1v) is 7.91. The summed E-state index contributed by atoms with van der Waals surface area (Å²) in [5.74, 6) is 0.538. The summed E-state index contributed by atoms with van der Waals surface area (Å²) in [5, 5.41) is 11.2. The highest BCUT2D eigenvalue weighted by atomic mass is 35.5. The van der Waals surface area contributed by atoms with Crippen LogP contribution in [0.25, 0.3) is 5.69 Å². The molecule has 1 aliphatic heterocycles. The topological polar surface area (TPSA) is 59.0 Å². The maximum Gasteiger partial charge on any atom is 0.271 e. The summed E-state index contributed by atoms with van der Waals surface area (Å²) in [6, 6.07) is 9.08. The summed E-state index contributed by atoms with van der Waals surface area (Å²) in [5.41, 5.74) is 1.26. The fourth-order valence-electron chi connectivity index (χ4n) is 2.65. The molecule has 1 fully saturated rings. The van der Waals surface area contributed by atoms with Gasteiger partial charge in [0.1, 0.15) is 0 Å². The van der Waals surface area contributed by atoms with Crippen molar-refractivity contribution in [1.82, 2.24) is 20.4 Å². The normalized spacial score (nSPS) is 16.8. The van der Waals surface area contributed by atoms with E-state index in [4.69, 9.17) is 11.6 Å². The zero-order valence-electron chi connectivity index (χ0n) is 12.7. The van der Waals surface area contributed by atoms with Gasteiger partial charge in [0, 0.05) is 17.8 Å². The number of halogens is 2. The number of carbonyl (C=O) groups excluding carboxylic acids is 1. The van der Waals surface area contributed by atoms with Crippen molar-refractivity contribution in [3.8, 4) is 5.69 Å². The largest absolute Gasteiger partial charge is 0.351 e. The summed E-state index contributed by atoms with van der Waals surface area (Å²) in [6.45, 7) is 2.83. The molecule has 0 spiro atoms. The monoisotopic (exact) mass is 354 g/mol. The Morgan fingerprint density at radius 2 is 2.30 bits per heavy atom. The standard InChI is InChI=1S/C16H19ClN4O.ClH/c17-13-2-1-3-14(10-13)21-9-6-15(20-21)16(22)19-8-5-12-4-7-18-11-12;/h1-3,6,9-10,12,18H,4-5,7-8,11H2,(H,19,22);1H. The molecular formula is C16H20Cl2N4O. The molecule has 1 aromatic heterocycles. The van der Waals surface area contributed by atoms with Crippen LogP contribution in [0.15, 0.2) is 36.5 Å². The summed E-state index contributed by atoms with van der Waals surface area (Å²) < 4.78 is 1.65. The Morgan fingerprint density at radius 1 is 1.43 bits per heavy atom. The van der Waals surface area contributed by atoms with Gasteiger partial charge in [0.2, 0.25) is 0 Å².